The second-order valence-electron chi connectivity index (χ2n) is 5.39. The number of anilines is 2. The number of amides is 1. The Labute approximate surface area is 138 Å². The fourth-order valence-electron chi connectivity index (χ4n) is 2.93. The van der Waals surface area contributed by atoms with Gasteiger partial charge in [-0.25, -0.2) is 0 Å². The standard InChI is InChI=1S/C15H21N3O.2ClH/c19-15(12-7-8-16-11-12)17-13-5-1-2-6-14(13)18-9-3-4-10-18;;/h1-2,5-6,12,16H,3-4,7-11H2,(H,17,19);2*1H. The van der Waals surface area contributed by atoms with Crippen molar-refractivity contribution in [3.8, 4) is 0 Å². The Bertz CT molecular complexity index is 458. The zero-order valence-corrected chi connectivity index (χ0v) is 13.6. The molecular weight excluding hydrogens is 309 g/mol. The lowest BCUT2D eigenvalue weighted by atomic mass is 10.1. The van der Waals surface area contributed by atoms with Crippen molar-refractivity contribution >= 4 is 42.1 Å². The van der Waals surface area contributed by atoms with Gasteiger partial charge in [0.1, 0.15) is 0 Å². The third-order valence-electron chi connectivity index (χ3n) is 4.04. The fraction of sp³-hybridized carbons (Fsp3) is 0.533. The highest BCUT2D eigenvalue weighted by Gasteiger charge is 2.24. The van der Waals surface area contributed by atoms with Crippen molar-refractivity contribution in [1.82, 2.24) is 5.32 Å². The second kappa shape index (κ2) is 8.47. The van der Waals surface area contributed by atoms with Gasteiger partial charge < -0.3 is 15.5 Å². The molecule has 0 bridgehead atoms. The predicted octanol–water partition coefficient (Wildman–Crippen LogP) is 2.68. The van der Waals surface area contributed by atoms with Crippen molar-refractivity contribution < 1.29 is 4.79 Å². The summed E-state index contributed by atoms with van der Waals surface area (Å²) in [6.45, 7) is 3.94. The average molecular weight is 332 g/mol. The van der Waals surface area contributed by atoms with Crippen LogP contribution >= 0.6 is 24.8 Å². The van der Waals surface area contributed by atoms with Crippen molar-refractivity contribution in [3.05, 3.63) is 24.3 Å². The monoisotopic (exact) mass is 331 g/mol. The maximum atomic E-state index is 12.2. The van der Waals surface area contributed by atoms with E-state index < -0.39 is 0 Å². The number of para-hydroxylation sites is 2. The van der Waals surface area contributed by atoms with Crippen LogP contribution in [0.5, 0.6) is 0 Å². The summed E-state index contributed by atoms with van der Waals surface area (Å²) in [4.78, 5) is 14.6. The van der Waals surface area contributed by atoms with Crippen LogP contribution < -0.4 is 15.5 Å². The van der Waals surface area contributed by atoms with Crippen LogP contribution in [0, 0.1) is 5.92 Å². The molecule has 0 aromatic heterocycles. The quantitative estimate of drug-likeness (QED) is 0.894. The minimum Gasteiger partial charge on any atom is -0.370 e. The Kier molecular flexibility index (Phi) is 7.29. The van der Waals surface area contributed by atoms with Crippen LogP contribution in [0.15, 0.2) is 24.3 Å². The Hall–Kier alpha value is -0.970. The zero-order valence-electron chi connectivity index (χ0n) is 12.0. The second-order valence-corrected chi connectivity index (χ2v) is 5.39. The first kappa shape index (κ1) is 18.1. The molecule has 21 heavy (non-hydrogen) atoms. The smallest absolute Gasteiger partial charge is 0.228 e. The lowest BCUT2D eigenvalue weighted by Gasteiger charge is -2.22. The molecule has 0 saturated carbocycles. The Morgan fingerprint density at radius 1 is 1.19 bits per heavy atom. The van der Waals surface area contributed by atoms with E-state index >= 15 is 0 Å². The molecule has 1 unspecified atom stereocenters. The molecule has 0 spiro atoms. The minimum atomic E-state index is 0. The Morgan fingerprint density at radius 3 is 2.57 bits per heavy atom. The number of benzene rings is 1. The van der Waals surface area contributed by atoms with E-state index in [-0.39, 0.29) is 36.6 Å². The molecule has 6 heteroatoms. The number of halogens is 2. The minimum absolute atomic E-state index is 0. The van der Waals surface area contributed by atoms with Crippen molar-refractivity contribution in [2.75, 3.05) is 36.4 Å². The molecule has 0 aliphatic carbocycles. The van der Waals surface area contributed by atoms with Gasteiger partial charge in [-0.2, -0.15) is 0 Å². The van der Waals surface area contributed by atoms with Crippen molar-refractivity contribution in [3.63, 3.8) is 0 Å². The normalized spacial score (nSPS) is 20.6. The summed E-state index contributed by atoms with van der Waals surface area (Å²) in [5.41, 5.74) is 2.13. The third kappa shape index (κ3) is 4.25. The molecule has 2 saturated heterocycles. The molecule has 2 heterocycles. The third-order valence-corrected chi connectivity index (χ3v) is 4.04. The van der Waals surface area contributed by atoms with Crippen LogP contribution in [-0.2, 0) is 4.79 Å². The first-order valence-electron chi connectivity index (χ1n) is 7.20. The topological polar surface area (TPSA) is 44.4 Å². The van der Waals surface area contributed by atoms with Crippen LogP contribution in [0.1, 0.15) is 19.3 Å². The van der Waals surface area contributed by atoms with E-state index in [1.54, 1.807) is 0 Å². The zero-order chi connectivity index (χ0) is 13.1. The van der Waals surface area contributed by atoms with Gasteiger partial charge in [0.15, 0.2) is 0 Å². The Morgan fingerprint density at radius 2 is 1.90 bits per heavy atom. The van der Waals surface area contributed by atoms with Gasteiger partial charge in [0.2, 0.25) is 5.91 Å². The summed E-state index contributed by atoms with van der Waals surface area (Å²) >= 11 is 0. The lowest BCUT2D eigenvalue weighted by molar-refractivity contribution is -0.119. The van der Waals surface area contributed by atoms with Crippen LogP contribution in [0.2, 0.25) is 0 Å². The molecule has 2 aliphatic heterocycles. The molecule has 0 radical (unpaired) electrons. The summed E-state index contributed by atoms with van der Waals surface area (Å²) in [6, 6.07) is 8.14. The van der Waals surface area contributed by atoms with Crippen LogP contribution in [0.3, 0.4) is 0 Å². The number of hydrogen-bond donors (Lipinski definition) is 2. The summed E-state index contributed by atoms with van der Waals surface area (Å²) in [5.74, 6) is 0.267. The van der Waals surface area contributed by atoms with Gasteiger partial charge in [0, 0.05) is 19.6 Å². The van der Waals surface area contributed by atoms with Crippen molar-refractivity contribution in [2.24, 2.45) is 5.92 Å². The van der Waals surface area contributed by atoms with Crippen molar-refractivity contribution in [2.45, 2.75) is 19.3 Å². The molecular formula is C15H23Cl2N3O. The van der Waals surface area contributed by atoms with E-state index in [4.69, 9.17) is 0 Å². The molecule has 1 atom stereocenters. The van der Waals surface area contributed by atoms with Gasteiger partial charge in [0.05, 0.1) is 17.3 Å². The molecule has 2 aliphatic rings. The highest BCUT2D eigenvalue weighted by molar-refractivity contribution is 5.96. The van der Waals surface area contributed by atoms with E-state index in [9.17, 15) is 4.79 Å². The fourth-order valence-corrected chi connectivity index (χ4v) is 2.93. The van der Waals surface area contributed by atoms with Gasteiger partial charge in [0.25, 0.3) is 0 Å². The lowest BCUT2D eigenvalue weighted by Crippen LogP contribution is -2.26. The number of carbonyl (C=O) groups excluding carboxylic acids is 1. The summed E-state index contributed by atoms with van der Waals surface area (Å²) in [6.07, 6.45) is 3.43. The van der Waals surface area contributed by atoms with Gasteiger partial charge in [-0.3, -0.25) is 4.79 Å². The molecule has 1 aromatic carbocycles. The molecule has 1 amide bonds. The van der Waals surface area contributed by atoms with Crippen molar-refractivity contribution in [1.29, 1.82) is 0 Å². The van der Waals surface area contributed by atoms with E-state index in [2.05, 4.69) is 21.6 Å². The van der Waals surface area contributed by atoms with E-state index in [0.29, 0.717) is 0 Å². The number of rotatable bonds is 3. The predicted molar refractivity (Wildman–Crippen MR) is 92.0 cm³/mol. The molecule has 1 aromatic rings. The van der Waals surface area contributed by atoms with Crippen LogP contribution in [-0.4, -0.2) is 32.1 Å². The number of nitrogens with zero attached hydrogens (tertiary/aromatic N) is 1. The first-order chi connectivity index (χ1) is 9.34. The maximum absolute atomic E-state index is 12.2. The van der Waals surface area contributed by atoms with E-state index in [1.165, 1.54) is 18.5 Å². The van der Waals surface area contributed by atoms with Crippen LogP contribution in [0.25, 0.3) is 0 Å². The summed E-state index contributed by atoms with van der Waals surface area (Å²) < 4.78 is 0. The largest absolute Gasteiger partial charge is 0.370 e. The van der Waals surface area contributed by atoms with Gasteiger partial charge in [-0.15, -0.1) is 24.8 Å². The SMILES string of the molecule is Cl.Cl.O=C(Nc1ccccc1N1CCCC1)C1CCNC1. The summed E-state index contributed by atoms with van der Waals surface area (Å²) in [7, 11) is 0. The molecule has 118 valence electrons. The number of hydrogen-bond acceptors (Lipinski definition) is 3. The van der Waals surface area contributed by atoms with Gasteiger partial charge in [-0.05, 0) is 37.9 Å². The maximum Gasteiger partial charge on any atom is 0.228 e. The number of carbonyl (C=O) groups is 1. The van der Waals surface area contributed by atoms with Crippen LogP contribution in [0.4, 0.5) is 11.4 Å². The Balaban J connectivity index is 0.00000110. The highest BCUT2D eigenvalue weighted by Crippen LogP contribution is 2.29. The first-order valence-corrected chi connectivity index (χ1v) is 7.20. The van der Waals surface area contributed by atoms with Gasteiger partial charge in [-0.1, -0.05) is 12.1 Å². The molecule has 4 nitrogen and oxygen atoms in total. The summed E-state index contributed by atoms with van der Waals surface area (Å²) in [5, 5.41) is 6.35. The average Bonchev–Trinajstić information content (AvgIpc) is 3.13. The van der Waals surface area contributed by atoms with E-state index in [0.717, 1.165) is 38.3 Å². The molecule has 3 rings (SSSR count). The van der Waals surface area contributed by atoms with Gasteiger partial charge >= 0.3 is 0 Å². The van der Waals surface area contributed by atoms with E-state index in [1.807, 2.05) is 18.2 Å². The molecule has 2 fully saturated rings. The highest BCUT2D eigenvalue weighted by atomic mass is 35.5. The molecule has 2 N–H and O–H groups in total. The number of nitrogens with one attached hydrogen (secondary N) is 2.